The number of halogens is 1. The van der Waals surface area contributed by atoms with E-state index in [1.54, 1.807) is 0 Å². The highest BCUT2D eigenvalue weighted by Gasteiger charge is 2.24. The van der Waals surface area contributed by atoms with Gasteiger partial charge in [-0.1, -0.05) is 59.3 Å². The molecule has 0 aliphatic rings. The smallest absolute Gasteiger partial charge is 0.340 e. The number of hydrogen-bond acceptors (Lipinski definition) is 8. The van der Waals surface area contributed by atoms with E-state index >= 15 is 0 Å². The molecular formula is C21H22ClN3O6S. The summed E-state index contributed by atoms with van der Waals surface area (Å²) in [5.41, 5.74) is 1.82. The molecule has 0 aliphatic carbocycles. The van der Waals surface area contributed by atoms with E-state index in [1.165, 1.54) is 31.9 Å². The lowest BCUT2D eigenvalue weighted by atomic mass is 10.0. The maximum Gasteiger partial charge on any atom is 0.340 e. The van der Waals surface area contributed by atoms with Crippen LogP contribution in [0.3, 0.4) is 0 Å². The first-order chi connectivity index (χ1) is 15.1. The van der Waals surface area contributed by atoms with Crippen molar-refractivity contribution in [3.8, 4) is 11.4 Å². The number of benzene rings is 2. The molecule has 0 saturated heterocycles. The van der Waals surface area contributed by atoms with Crippen molar-refractivity contribution < 1.29 is 27.3 Å². The molecule has 0 radical (unpaired) electrons. The topological polar surface area (TPSA) is 112 Å². The van der Waals surface area contributed by atoms with E-state index in [9.17, 15) is 13.2 Å². The molecule has 0 spiro atoms. The lowest BCUT2D eigenvalue weighted by molar-refractivity contribution is -0.0258. The molecule has 3 aromatic rings. The maximum absolute atomic E-state index is 12.5. The normalized spacial score (nSPS) is 11.8. The molecule has 0 bridgehead atoms. The first-order valence-corrected chi connectivity index (χ1v) is 11.4. The summed E-state index contributed by atoms with van der Waals surface area (Å²) in [6, 6.07) is 11.4. The van der Waals surface area contributed by atoms with Crippen LogP contribution in [0.4, 0.5) is 0 Å². The number of sulfonamides is 1. The van der Waals surface area contributed by atoms with Crippen LogP contribution in [0, 0.1) is 0 Å². The highest BCUT2D eigenvalue weighted by atomic mass is 35.5. The second kappa shape index (κ2) is 9.78. The molecule has 0 aliphatic heterocycles. The van der Waals surface area contributed by atoms with Crippen LogP contribution in [-0.2, 0) is 26.2 Å². The zero-order valence-electron chi connectivity index (χ0n) is 17.9. The number of esters is 1. The summed E-state index contributed by atoms with van der Waals surface area (Å²) in [7, 11) is -1.53. The van der Waals surface area contributed by atoms with E-state index < -0.39 is 16.0 Å². The fourth-order valence-corrected chi connectivity index (χ4v) is 3.92. The first kappa shape index (κ1) is 23.9. The fraction of sp³-hybridized carbons (Fsp3) is 0.286. The lowest BCUT2D eigenvalue weighted by Gasteiger charge is -2.15. The minimum absolute atomic E-state index is 0.0329. The molecule has 170 valence electrons. The van der Waals surface area contributed by atoms with Gasteiger partial charge in [0.25, 0.3) is 15.9 Å². The summed E-state index contributed by atoms with van der Waals surface area (Å²) >= 11 is 6.06. The van der Waals surface area contributed by atoms with Crippen LogP contribution < -0.4 is 0 Å². The standard InChI is InChI=1S/C21H22ClN3O6S/c1-13(2)14-5-7-15(8-6-14)20-23-19(31-24-20)12-30-21(26)17-11-16(9-10-18(17)22)32(27,28)25(3)29-4/h5-11,13H,12H2,1-4H3. The predicted molar refractivity (Wildman–Crippen MR) is 116 cm³/mol. The molecule has 0 unspecified atom stereocenters. The second-order valence-electron chi connectivity index (χ2n) is 7.10. The van der Waals surface area contributed by atoms with Crippen LogP contribution in [0.25, 0.3) is 11.4 Å². The molecule has 0 fully saturated rings. The number of hydrogen-bond donors (Lipinski definition) is 0. The summed E-state index contributed by atoms with van der Waals surface area (Å²) in [5, 5.41) is 3.94. The number of carbonyl (C=O) groups excluding carboxylic acids is 1. The van der Waals surface area contributed by atoms with Crippen LogP contribution >= 0.6 is 11.6 Å². The van der Waals surface area contributed by atoms with Gasteiger partial charge in [-0.05, 0) is 29.7 Å². The number of carbonyl (C=O) groups is 1. The number of ether oxygens (including phenoxy) is 1. The van der Waals surface area contributed by atoms with Gasteiger partial charge in [0, 0.05) is 12.6 Å². The van der Waals surface area contributed by atoms with Gasteiger partial charge in [0.05, 0.1) is 22.6 Å². The third kappa shape index (κ3) is 5.16. The van der Waals surface area contributed by atoms with Gasteiger partial charge in [0.2, 0.25) is 5.82 Å². The van der Waals surface area contributed by atoms with E-state index in [0.29, 0.717) is 16.2 Å². The van der Waals surface area contributed by atoms with Crippen molar-refractivity contribution in [2.75, 3.05) is 14.2 Å². The van der Waals surface area contributed by atoms with Gasteiger partial charge in [0.15, 0.2) is 6.61 Å². The van der Waals surface area contributed by atoms with Crippen LogP contribution in [0.5, 0.6) is 0 Å². The van der Waals surface area contributed by atoms with Crippen molar-refractivity contribution in [3.63, 3.8) is 0 Å². The third-order valence-corrected chi connectivity index (χ3v) is 6.69. The van der Waals surface area contributed by atoms with Crippen LogP contribution in [-0.4, -0.2) is 43.2 Å². The van der Waals surface area contributed by atoms with Gasteiger partial charge >= 0.3 is 5.97 Å². The zero-order chi connectivity index (χ0) is 23.5. The number of hydroxylamine groups is 1. The Balaban J connectivity index is 1.72. The van der Waals surface area contributed by atoms with Crippen molar-refractivity contribution >= 4 is 27.6 Å². The van der Waals surface area contributed by atoms with Crippen molar-refractivity contribution in [1.82, 2.24) is 14.6 Å². The van der Waals surface area contributed by atoms with Crippen molar-refractivity contribution in [1.29, 1.82) is 0 Å². The molecule has 0 amide bonds. The maximum atomic E-state index is 12.5. The molecule has 0 atom stereocenters. The molecule has 32 heavy (non-hydrogen) atoms. The highest BCUT2D eigenvalue weighted by Crippen LogP contribution is 2.24. The number of aromatic nitrogens is 2. The summed E-state index contributed by atoms with van der Waals surface area (Å²) in [6.07, 6.45) is 0. The molecule has 9 nitrogen and oxygen atoms in total. The molecule has 2 aromatic carbocycles. The lowest BCUT2D eigenvalue weighted by Crippen LogP contribution is -2.26. The van der Waals surface area contributed by atoms with E-state index in [0.717, 1.165) is 11.6 Å². The van der Waals surface area contributed by atoms with Gasteiger partial charge in [-0.2, -0.15) is 4.98 Å². The largest absolute Gasteiger partial charge is 0.452 e. The molecule has 11 heteroatoms. The molecule has 1 aromatic heterocycles. The van der Waals surface area contributed by atoms with Crippen LogP contribution in [0.1, 0.15) is 41.6 Å². The van der Waals surface area contributed by atoms with E-state index in [2.05, 4.69) is 24.0 Å². The molecule has 3 rings (SSSR count). The third-order valence-electron chi connectivity index (χ3n) is 4.68. The van der Waals surface area contributed by atoms with Crippen LogP contribution in [0.15, 0.2) is 51.9 Å². The van der Waals surface area contributed by atoms with Crippen LogP contribution in [0.2, 0.25) is 5.02 Å². The van der Waals surface area contributed by atoms with Gasteiger partial charge in [0.1, 0.15) is 0 Å². The van der Waals surface area contributed by atoms with Crippen molar-refractivity contribution in [2.24, 2.45) is 0 Å². The van der Waals surface area contributed by atoms with E-state index in [1.807, 2.05) is 24.3 Å². The second-order valence-corrected chi connectivity index (χ2v) is 9.45. The Morgan fingerprint density at radius 2 is 1.88 bits per heavy atom. The Hall–Kier alpha value is -2.79. The highest BCUT2D eigenvalue weighted by molar-refractivity contribution is 7.89. The first-order valence-electron chi connectivity index (χ1n) is 9.56. The zero-order valence-corrected chi connectivity index (χ0v) is 19.5. The molecule has 0 N–H and O–H groups in total. The Morgan fingerprint density at radius 3 is 2.50 bits per heavy atom. The number of rotatable bonds is 8. The Morgan fingerprint density at radius 1 is 1.19 bits per heavy atom. The van der Waals surface area contributed by atoms with Gasteiger partial charge in [-0.25, -0.2) is 13.2 Å². The van der Waals surface area contributed by atoms with Gasteiger partial charge in [-0.15, -0.1) is 0 Å². The molecule has 1 heterocycles. The summed E-state index contributed by atoms with van der Waals surface area (Å²) in [5.74, 6) is 0.00745. The number of nitrogens with zero attached hydrogens (tertiary/aromatic N) is 3. The monoisotopic (exact) mass is 479 g/mol. The minimum Gasteiger partial charge on any atom is -0.452 e. The molecule has 0 saturated carbocycles. The quantitative estimate of drug-likeness (QED) is 0.351. The van der Waals surface area contributed by atoms with Crippen molar-refractivity contribution in [3.05, 3.63) is 64.5 Å². The molecular weight excluding hydrogens is 458 g/mol. The summed E-state index contributed by atoms with van der Waals surface area (Å²) in [6.45, 7) is 3.90. The Bertz CT molecular complexity index is 1210. The SMILES string of the molecule is CON(C)S(=O)(=O)c1ccc(Cl)c(C(=O)OCc2nc(-c3ccc(C(C)C)cc3)no2)c1. The predicted octanol–water partition coefficient (Wildman–Crippen LogP) is 4.05. The summed E-state index contributed by atoms with van der Waals surface area (Å²) < 4.78 is 35.8. The average molecular weight is 480 g/mol. The fourth-order valence-electron chi connectivity index (χ4n) is 2.72. The van der Waals surface area contributed by atoms with Crippen molar-refractivity contribution in [2.45, 2.75) is 31.3 Å². The van der Waals surface area contributed by atoms with Gasteiger partial charge < -0.3 is 9.26 Å². The summed E-state index contributed by atoms with van der Waals surface area (Å²) in [4.78, 5) is 21.3. The average Bonchev–Trinajstić information content (AvgIpc) is 3.26. The van der Waals surface area contributed by atoms with E-state index in [-0.39, 0.29) is 28.0 Å². The Kier molecular flexibility index (Phi) is 7.29. The Labute approximate surface area is 190 Å². The minimum atomic E-state index is -3.96. The van der Waals surface area contributed by atoms with E-state index in [4.69, 9.17) is 25.7 Å². The van der Waals surface area contributed by atoms with Gasteiger partial charge in [-0.3, -0.25) is 4.84 Å².